The van der Waals surface area contributed by atoms with Gasteiger partial charge in [-0.05, 0) is 43.4 Å². The summed E-state index contributed by atoms with van der Waals surface area (Å²) in [6, 6.07) is 3.24. The highest BCUT2D eigenvalue weighted by atomic mass is 16.5. The average Bonchev–Trinajstić information content (AvgIpc) is 3.10. The number of esters is 1. The van der Waals surface area contributed by atoms with Gasteiger partial charge in [-0.25, -0.2) is 4.79 Å². The lowest BCUT2D eigenvalue weighted by molar-refractivity contribution is -0.120. The number of methoxy groups -OCH3 is 2. The molecule has 1 N–H and O–H groups in total. The molecule has 0 radical (unpaired) electrons. The number of ether oxygens (including phenoxy) is 3. The fourth-order valence-electron chi connectivity index (χ4n) is 4.74. The van der Waals surface area contributed by atoms with Crippen LogP contribution in [0.1, 0.15) is 75.6 Å². The molecule has 0 aromatic heterocycles. The van der Waals surface area contributed by atoms with Crippen molar-refractivity contribution in [3.05, 3.63) is 17.7 Å². The minimum atomic E-state index is -0.445. The van der Waals surface area contributed by atoms with E-state index >= 15 is 0 Å². The van der Waals surface area contributed by atoms with E-state index in [1.807, 2.05) is 0 Å². The van der Waals surface area contributed by atoms with Crippen molar-refractivity contribution in [2.24, 2.45) is 17.3 Å². The Bertz CT molecular complexity index is 767. The first-order valence-corrected chi connectivity index (χ1v) is 11.1. The quantitative estimate of drug-likeness (QED) is 0.617. The molecule has 2 fully saturated rings. The fraction of sp³-hybridized carbons (Fsp3) is 0.667. The van der Waals surface area contributed by atoms with E-state index in [9.17, 15) is 9.59 Å². The molecule has 6 nitrogen and oxygen atoms in total. The van der Waals surface area contributed by atoms with Gasteiger partial charge in [0.25, 0.3) is 0 Å². The van der Waals surface area contributed by atoms with Gasteiger partial charge in [-0.1, -0.05) is 33.1 Å². The van der Waals surface area contributed by atoms with E-state index in [1.54, 1.807) is 12.1 Å². The lowest BCUT2D eigenvalue weighted by Gasteiger charge is -2.22. The maximum absolute atomic E-state index is 12.9. The molecular weight excluding hydrogens is 382 g/mol. The number of amides is 1. The summed E-state index contributed by atoms with van der Waals surface area (Å²) in [5.41, 5.74) is 1.02. The Hall–Kier alpha value is -2.24. The SMILES string of the molecule is COc1cc(NC(=O)C2CCCCC2)c(C(=O)OCC2CCC(C)(C)C2)cc1OC. The number of benzene rings is 1. The Morgan fingerprint density at radius 1 is 1.03 bits per heavy atom. The third kappa shape index (κ3) is 5.46. The van der Waals surface area contributed by atoms with Gasteiger partial charge in [-0.15, -0.1) is 0 Å². The first-order valence-electron chi connectivity index (χ1n) is 11.1. The van der Waals surface area contributed by atoms with Crippen molar-refractivity contribution in [1.82, 2.24) is 0 Å². The van der Waals surface area contributed by atoms with Gasteiger partial charge in [0.2, 0.25) is 5.91 Å². The van der Waals surface area contributed by atoms with Crippen LogP contribution in [-0.4, -0.2) is 32.7 Å². The monoisotopic (exact) mass is 417 g/mol. The summed E-state index contributed by atoms with van der Waals surface area (Å²) >= 11 is 0. The molecule has 1 atom stereocenters. The number of carbonyl (C=O) groups excluding carboxylic acids is 2. The molecule has 0 saturated heterocycles. The smallest absolute Gasteiger partial charge is 0.340 e. The molecule has 0 heterocycles. The van der Waals surface area contributed by atoms with Crippen molar-refractivity contribution in [1.29, 1.82) is 0 Å². The van der Waals surface area contributed by atoms with Crippen molar-refractivity contribution < 1.29 is 23.8 Å². The normalized spacial score (nSPS) is 21.1. The highest BCUT2D eigenvalue weighted by Gasteiger charge is 2.32. The molecule has 6 heteroatoms. The lowest BCUT2D eigenvalue weighted by atomic mass is 9.88. The lowest BCUT2D eigenvalue weighted by Crippen LogP contribution is -2.26. The Kier molecular flexibility index (Phi) is 7.27. The first kappa shape index (κ1) is 22.4. The van der Waals surface area contributed by atoms with Gasteiger partial charge < -0.3 is 19.5 Å². The van der Waals surface area contributed by atoms with Crippen molar-refractivity contribution in [2.75, 3.05) is 26.1 Å². The predicted molar refractivity (Wildman–Crippen MR) is 116 cm³/mol. The van der Waals surface area contributed by atoms with E-state index in [2.05, 4.69) is 19.2 Å². The molecule has 0 aliphatic heterocycles. The molecule has 1 aromatic rings. The van der Waals surface area contributed by atoms with Crippen molar-refractivity contribution in [3.63, 3.8) is 0 Å². The number of rotatable bonds is 7. The Balaban J connectivity index is 1.76. The topological polar surface area (TPSA) is 73.9 Å². The van der Waals surface area contributed by atoms with E-state index in [1.165, 1.54) is 20.6 Å². The summed E-state index contributed by atoms with van der Waals surface area (Å²) in [5.74, 6) is 0.765. The molecule has 1 amide bonds. The summed E-state index contributed by atoms with van der Waals surface area (Å²) in [4.78, 5) is 25.7. The minimum Gasteiger partial charge on any atom is -0.493 e. The predicted octanol–water partition coefficient (Wildman–Crippen LogP) is 5.21. The van der Waals surface area contributed by atoms with Crippen LogP contribution in [-0.2, 0) is 9.53 Å². The molecule has 1 unspecified atom stereocenters. The largest absolute Gasteiger partial charge is 0.493 e. The minimum absolute atomic E-state index is 0.0172. The van der Waals surface area contributed by atoms with E-state index in [0.29, 0.717) is 40.7 Å². The third-order valence-corrected chi connectivity index (χ3v) is 6.50. The van der Waals surface area contributed by atoms with Crippen LogP contribution >= 0.6 is 0 Å². The van der Waals surface area contributed by atoms with Gasteiger partial charge in [0.1, 0.15) is 0 Å². The molecule has 0 spiro atoms. The fourth-order valence-corrected chi connectivity index (χ4v) is 4.74. The molecular formula is C24H35NO5. The second-order valence-corrected chi connectivity index (χ2v) is 9.45. The Labute approximate surface area is 179 Å². The van der Waals surface area contributed by atoms with E-state index in [-0.39, 0.29) is 11.8 Å². The zero-order valence-corrected chi connectivity index (χ0v) is 18.7. The molecule has 2 aliphatic carbocycles. The number of anilines is 1. The van der Waals surface area contributed by atoms with E-state index in [4.69, 9.17) is 14.2 Å². The maximum Gasteiger partial charge on any atom is 0.340 e. The molecule has 2 aliphatic rings. The molecule has 2 saturated carbocycles. The average molecular weight is 418 g/mol. The number of hydrogen-bond acceptors (Lipinski definition) is 5. The second kappa shape index (κ2) is 9.71. The Morgan fingerprint density at radius 3 is 2.30 bits per heavy atom. The van der Waals surface area contributed by atoms with Crippen LogP contribution in [0.4, 0.5) is 5.69 Å². The van der Waals surface area contributed by atoms with Gasteiger partial charge in [0.05, 0.1) is 32.1 Å². The summed E-state index contributed by atoms with van der Waals surface area (Å²) in [6.45, 7) is 4.90. The van der Waals surface area contributed by atoms with Crippen LogP contribution in [0.25, 0.3) is 0 Å². The number of hydrogen-bond donors (Lipinski definition) is 1. The highest BCUT2D eigenvalue weighted by Crippen LogP contribution is 2.41. The van der Waals surface area contributed by atoms with Gasteiger partial charge in [0, 0.05) is 18.1 Å². The standard InChI is InChI=1S/C24H35NO5/c1-24(2)11-10-16(14-24)15-30-23(27)18-12-20(28-3)21(29-4)13-19(18)25-22(26)17-8-6-5-7-9-17/h12-13,16-17H,5-11,14-15H2,1-4H3,(H,25,26). The van der Waals surface area contributed by atoms with Crippen LogP contribution in [0.5, 0.6) is 11.5 Å². The van der Waals surface area contributed by atoms with Crippen LogP contribution < -0.4 is 14.8 Å². The number of nitrogens with one attached hydrogen (secondary N) is 1. The summed E-state index contributed by atoms with van der Waals surface area (Å²) in [5, 5.41) is 2.95. The van der Waals surface area contributed by atoms with Gasteiger partial charge >= 0.3 is 5.97 Å². The van der Waals surface area contributed by atoms with Crippen LogP contribution in [0, 0.1) is 17.3 Å². The van der Waals surface area contributed by atoms with Gasteiger partial charge in [-0.2, -0.15) is 0 Å². The molecule has 30 heavy (non-hydrogen) atoms. The van der Waals surface area contributed by atoms with Crippen molar-refractivity contribution in [3.8, 4) is 11.5 Å². The van der Waals surface area contributed by atoms with Crippen molar-refractivity contribution in [2.45, 2.75) is 65.2 Å². The first-order chi connectivity index (χ1) is 14.3. The summed E-state index contributed by atoms with van der Waals surface area (Å²) in [6.07, 6.45) is 8.35. The second-order valence-electron chi connectivity index (χ2n) is 9.45. The summed E-state index contributed by atoms with van der Waals surface area (Å²) in [7, 11) is 3.05. The van der Waals surface area contributed by atoms with Crippen LogP contribution in [0.2, 0.25) is 0 Å². The molecule has 1 aromatic carbocycles. The van der Waals surface area contributed by atoms with E-state index < -0.39 is 5.97 Å². The van der Waals surface area contributed by atoms with Crippen LogP contribution in [0.3, 0.4) is 0 Å². The van der Waals surface area contributed by atoms with Crippen molar-refractivity contribution >= 4 is 17.6 Å². The molecule has 3 rings (SSSR count). The van der Waals surface area contributed by atoms with E-state index in [0.717, 1.165) is 44.9 Å². The third-order valence-electron chi connectivity index (χ3n) is 6.50. The zero-order chi connectivity index (χ0) is 21.7. The summed E-state index contributed by atoms with van der Waals surface area (Å²) < 4.78 is 16.4. The number of carbonyl (C=O) groups is 2. The van der Waals surface area contributed by atoms with Gasteiger partial charge in [-0.3, -0.25) is 4.79 Å². The highest BCUT2D eigenvalue weighted by molar-refractivity contribution is 6.02. The Morgan fingerprint density at radius 2 is 1.70 bits per heavy atom. The molecule has 166 valence electrons. The maximum atomic E-state index is 12.9. The van der Waals surface area contributed by atoms with Crippen LogP contribution in [0.15, 0.2) is 12.1 Å². The van der Waals surface area contributed by atoms with Gasteiger partial charge in [0.15, 0.2) is 11.5 Å². The molecule has 0 bridgehead atoms. The zero-order valence-electron chi connectivity index (χ0n) is 18.7.